The quantitative estimate of drug-likeness (QED) is 0.113. The van der Waals surface area contributed by atoms with Gasteiger partial charge in [0.1, 0.15) is 13.2 Å². The number of aliphatic hydroxyl groups is 2. The van der Waals surface area contributed by atoms with Crippen LogP contribution in [0.1, 0.15) is 36.2 Å². The highest BCUT2D eigenvalue weighted by Gasteiger charge is 2.21. The third kappa shape index (κ3) is 9.82. The first-order valence-electron chi connectivity index (χ1n) is 15.6. The molecule has 0 saturated heterocycles. The van der Waals surface area contributed by atoms with Gasteiger partial charge in [-0.05, 0) is 72.6 Å². The van der Waals surface area contributed by atoms with E-state index in [1.165, 1.54) is 0 Å². The summed E-state index contributed by atoms with van der Waals surface area (Å²) < 4.78 is 20.9. The van der Waals surface area contributed by atoms with Crippen LogP contribution in [-0.2, 0) is 35.0 Å². The third-order valence-electron chi connectivity index (χ3n) is 7.52. The summed E-state index contributed by atoms with van der Waals surface area (Å²) in [7, 11) is 0. The van der Waals surface area contributed by atoms with Crippen LogP contribution in [0.5, 0.6) is 0 Å². The molecule has 3 aliphatic heterocycles. The Kier molecular flexibility index (Phi) is 12.1. The van der Waals surface area contributed by atoms with Crippen LogP contribution in [0, 0.1) is 0 Å². The zero-order valence-electron chi connectivity index (χ0n) is 25.8. The molecule has 46 heavy (non-hydrogen) atoms. The monoisotopic (exact) mass is 634 g/mol. The molecule has 0 amide bonds. The topological polar surface area (TPSA) is 167 Å². The fraction of sp³-hybridized carbons (Fsp3) is 0.412. The molecule has 2 aromatic rings. The van der Waals surface area contributed by atoms with Crippen LogP contribution in [0.25, 0.3) is 24.3 Å². The fourth-order valence-corrected chi connectivity index (χ4v) is 5.40. The number of aryl methyl sites for hydroxylation is 1. The maximum absolute atomic E-state index is 12.5. The molecule has 246 valence electrons. The van der Waals surface area contributed by atoms with E-state index in [9.17, 15) is 9.59 Å². The number of H-pyrrole nitrogens is 2. The Balaban J connectivity index is 1.37. The molecule has 0 radical (unpaired) electrons. The van der Waals surface area contributed by atoms with Crippen molar-refractivity contribution in [3.05, 3.63) is 81.0 Å². The van der Waals surface area contributed by atoms with Gasteiger partial charge in [0.25, 0.3) is 0 Å². The second-order valence-corrected chi connectivity index (χ2v) is 11.0. The van der Waals surface area contributed by atoms with Gasteiger partial charge in [-0.2, -0.15) is 0 Å². The first kappa shape index (κ1) is 33.0. The van der Waals surface area contributed by atoms with Crippen LogP contribution in [0.3, 0.4) is 0 Å². The van der Waals surface area contributed by atoms with Gasteiger partial charge in [0.05, 0.1) is 51.7 Å². The Morgan fingerprint density at radius 2 is 1.41 bits per heavy atom. The van der Waals surface area contributed by atoms with E-state index in [2.05, 4.69) is 44.9 Å². The molecule has 6 N–H and O–H groups in total. The van der Waals surface area contributed by atoms with Crippen molar-refractivity contribution in [2.75, 3.05) is 52.9 Å². The van der Waals surface area contributed by atoms with Gasteiger partial charge in [0.15, 0.2) is 0 Å². The van der Waals surface area contributed by atoms with E-state index in [-0.39, 0.29) is 89.7 Å². The van der Waals surface area contributed by atoms with Crippen LogP contribution < -0.4 is 21.3 Å². The number of hydrogen-bond acceptors (Lipinski definition) is 10. The molecular formula is C34H42N4O8. The first-order valence-corrected chi connectivity index (χ1v) is 15.6. The van der Waals surface area contributed by atoms with Gasteiger partial charge in [-0.15, -0.1) is 0 Å². The Hall–Kier alpha value is -4.36. The van der Waals surface area contributed by atoms with Gasteiger partial charge in [0.2, 0.25) is 0 Å². The molecule has 0 spiro atoms. The minimum atomic E-state index is -0.330. The molecule has 0 aliphatic carbocycles. The average molecular weight is 635 g/mol. The highest BCUT2D eigenvalue weighted by Crippen LogP contribution is 2.27. The average Bonchev–Trinajstić information content (AvgIpc) is 3.84. The van der Waals surface area contributed by atoms with E-state index < -0.39 is 0 Å². The molecule has 0 saturated carbocycles. The molecule has 5 rings (SSSR count). The number of aliphatic hydroxyl groups excluding tert-OH is 2. The molecule has 8 bridgehead atoms. The van der Waals surface area contributed by atoms with E-state index in [0.717, 1.165) is 44.6 Å². The predicted octanol–water partition coefficient (Wildman–Crippen LogP) is 0.543. The number of hydrogen-bond donors (Lipinski definition) is 6. The zero-order chi connectivity index (χ0) is 32.1. The molecule has 5 heterocycles. The lowest BCUT2D eigenvalue weighted by molar-refractivity contribution is -0.146. The summed E-state index contributed by atoms with van der Waals surface area (Å²) in [6.07, 6.45) is 15.9. The maximum atomic E-state index is 12.5. The number of ether oxygens (including phenoxy) is 4. The van der Waals surface area contributed by atoms with E-state index in [0.29, 0.717) is 12.8 Å². The lowest BCUT2D eigenvalue weighted by atomic mass is 10.0. The van der Waals surface area contributed by atoms with Crippen molar-refractivity contribution < 1.29 is 38.7 Å². The van der Waals surface area contributed by atoms with Gasteiger partial charge in [-0.3, -0.25) is 9.59 Å². The Labute approximate surface area is 267 Å². The summed E-state index contributed by atoms with van der Waals surface area (Å²) >= 11 is 0. The molecule has 3 aliphatic rings. The lowest BCUT2D eigenvalue weighted by Gasteiger charge is -2.10. The largest absolute Gasteiger partial charge is 0.463 e. The van der Waals surface area contributed by atoms with Gasteiger partial charge in [-0.25, -0.2) is 0 Å². The SMILES string of the molecule is O=C(CCC1=CC2/C=c3/cc/c([nH]3)=C/C3C=C/C(=C/c4cc(CCC(=O)OCCOCCO)c([nH]4)/C=C/1N2)N3)OCCOCCO. The summed E-state index contributed by atoms with van der Waals surface area (Å²) in [5, 5.41) is 26.7. The number of rotatable bonds is 16. The lowest BCUT2D eigenvalue weighted by Crippen LogP contribution is -2.24. The molecule has 0 fully saturated rings. The molecule has 0 aromatic carbocycles. The normalized spacial score (nSPS) is 21.7. The van der Waals surface area contributed by atoms with Gasteiger partial charge in [0, 0.05) is 46.3 Å². The van der Waals surface area contributed by atoms with Crippen molar-refractivity contribution in [3.63, 3.8) is 0 Å². The molecule has 2 aromatic heterocycles. The van der Waals surface area contributed by atoms with Crippen LogP contribution in [0.15, 0.2) is 53.4 Å². The summed E-state index contributed by atoms with van der Waals surface area (Å²) in [4.78, 5) is 31.9. The summed E-state index contributed by atoms with van der Waals surface area (Å²) in [6, 6.07) is 6.06. The van der Waals surface area contributed by atoms with E-state index >= 15 is 0 Å². The standard InChI is InChI=1S/C34H42N4O8/c39-9-11-43-13-15-45-33(41)7-1-23-17-29-20-27-5-3-25(35-27)19-26-4-6-28(36-26)21-30-18-24(32(38-30)22-31(23)37-29)2-8-34(42)46-16-14-44-12-10-40/h3-6,17-22,25,30,35-40H,1-2,7-16H2/b26-19-,27-20-,28-21-,32-22-. The molecule has 2 unspecified atom stereocenters. The van der Waals surface area contributed by atoms with E-state index in [4.69, 9.17) is 29.2 Å². The minimum absolute atomic E-state index is 0.0410. The van der Waals surface area contributed by atoms with E-state index in [1.54, 1.807) is 0 Å². The molecule has 2 atom stereocenters. The second kappa shape index (κ2) is 16.8. The van der Waals surface area contributed by atoms with Crippen LogP contribution >= 0.6 is 0 Å². The van der Waals surface area contributed by atoms with Gasteiger partial charge in [-0.1, -0.05) is 12.2 Å². The number of aromatic nitrogens is 2. The predicted molar refractivity (Wildman–Crippen MR) is 172 cm³/mol. The summed E-state index contributed by atoms with van der Waals surface area (Å²) in [6.45, 7) is 0.991. The van der Waals surface area contributed by atoms with E-state index in [1.807, 2.05) is 36.4 Å². The van der Waals surface area contributed by atoms with Crippen molar-refractivity contribution in [1.82, 2.24) is 20.6 Å². The Morgan fingerprint density at radius 3 is 2.11 bits per heavy atom. The summed E-state index contributed by atoms with van der Waals surface area (Å²) in [5.74, 6) is -0.655. The molecule has 12 nitrogen and oxygen atoms in total. The number of carbonyl (C=O) groups is 2. The number of aromatic amines is 2. The van der Waals surface area contributed by atoms with Gasteiger partial charge >= 0.3 is 11.9 Å². The van der Waals surface area contributed by atoms with Gasteiger partial charge < -0.3 is 49.8 Å². The maximum Gasteiger partial charge on any atom is 0.306 e. The number of allylic oxidation sites excluding steroid dienone is 2. The summed E-state index contributed by atoms with van der Waals surface area (Å²) in [5.41, 5.74) is 5.49. The Morgan fingerprint density at radius 1 is 0.739 bits per heavy atom. The smallest absolute Gasteiger partial charge is 0.306 e. The molecular weight excluding hydrogens is 592 g/mol. The molecule has 12 heteroatoms. The van der Waals surface area contributed by atoms with Crippen molar-refractivity contribution in [3.8, 4) is 0 Å². The number of fused-ring (bicyclic) bond motifs is 8. The van der Waals surface area contributed by atoms with Crippen LogP contribution in [0.4, 0.5) is 0 Å². The van der Waals surface area contributed by atoms with Crippen LogP contribution in [0.2, 0.25) is 0 Å². The number of carbonyl (C=O) groups excluding carboxylic acids is 2. The second-order valence-electron chi connectivity index (χ2n) is 11.0. The minimum Gasteiger partial charge on any atom is -0.463 e. The third-order valence-corrected chi connectivity index (χ3v) is 7.52. The first-order chi connectivity index (χ1) is 22.5. The van der Waals surface area contributed by atoms with Crippen molar-refractivity contribution in [2.24, 2.45) is 0 Å². The number of nitrogens with one attached hydrogen (secondary N) is 4. The highest BCUT2D eigenvalue weighted by molar-refractivity contribution is 5.72. The van der Waals surface area contributed by atoms with Crippen molar-refractivity contribution >= 4 is 36.2 Å². The number of esters is 2. The highest BCUT2D eigenvalue weighted by atomic mass is 16.6. The van der Waals surface area contributed by atoms with Crippen LogP contribution in [-0.4, -0.2) is 97.1 Å². The zero-order valence-corrected chi connectivity index (χ0v) is 25.8. The Bertz CT molecular complexity index is 1600. The fourth-order valence-electron chi connectivity index (χ4n) is 5.40. The van der Waals surface area contributed by atoms with Crippen molar-refractivity contribution in [1.29, 1.82) is 0 Å². The van der Waals surface area contributed by atoms with Crippen molar-refractivity contribution in [2.45, 2.75) is 37.8 Å².